The Morgan fingerprint density at radius 3 is 2.39 bits per heavy atom. The Labute approximate surface area is 172 Å². The van der Waals surface area contributed by atoms with Gasteiger partial charge in [-0.15, -0.1) is 0 Å². The summed E-state index contributed by atoms with van der Waals surface area (Å²) in [5, 5.41) is 4.26. The summed E-state index contributed by atoms with van der Waals surface area (Å²) in [7, 11) is 1.67. The molecule has 0 saturated heterocycles. The van der Waals surface area contributed by atoms with Crippen molar-refractivity contribution in [3.8, 4) is 11.5 Å². The van der Waals surface area contributed by atoms with Crippen LogP contribution in [0.2, 0.25) is 5.02 Å². The average molecular weight is 396 g/mol. The lowest BCUT2D eigenvalue weighted by atomic mass is 10.1. The maximum Gasteiger partial charge on any atom is 0.166 e. The monoisotopic (exact) mass is 395 g/mol. The standard InChI is InChI=1S/C24H26ClNO2/c1-18-6-3-4-7-21(18)17-28-24-20(8-5-9-23(24)27-2)16-26-15-14-19-10-12-22(25)13-11-19/h3-13,26H,14-17H2,1-2H3. The molecule has 0 aliphatic heterocycles. The molecule has 4 heteroatoms. The molecule has 1 N–H and O–H groups in total. The molecule has 3 aromatic carbocycles. The molecule has 0 bridgehead atoms. The number of nitrogens with one attached hydrogen (secondary N) is 1. The predicted molar refractivity (Wildman–Crippen MR) is 115 cm³/mol. The number of hydrogen-bond acceptors (Lipinski definition) is 3. The molecule has 0 radical (unpaired) electrons. The Morgan fingerprint density at radius 1 is 0.893 bits per heavy atom. The molecule has 28 heavy (non-hydrogen) atoms. The van der Waals surface area contributed by atoms with Gasteiger partial charge in [0.05, 0.1) is 7.11 Å². The minimum atomic E-state index is 0.519. The zero-order valence-corrected chi connectivity index (χ0v) is 17.1. The number of rotatable bonds is 9. The van der Waals surface area contributed by atoms with Gasteiger partial charge in [0.25, 0.3) is 0 Å². The number of ether oxygens (including phenoxy) is 2. The first-order valence-corrected chi connectivity index (χ1v) is 9.83. The van der Waals surface area contributed by atoms with Crippen molar-refractivity contribution in [2.24, 2.45) is 0 Å². The lowest BCUT2D eigenvalue weighted by Crippen LogP contribution is -2.17. The number of hydrogen-bond donors (Lipinski definition) is 1. The third kappa shape index (κ3) is 5.51. The molecule has 146 valence electrons. The first-order chi connectivity index (χ1) is 13.7. The van der Waals surface area contributed by atoms with E-state index in [2.05, 4.69) is 42.6 Å². The number of benzene rings is 3. The van der Waals surface area contributed by atoms with Crippen LogP contribution in [0.1, 0.15) is 22.3 Å². The van der Waals surface area contributed by atoms with Gasteiger partial charge in [-0.25, -0.2) is 0 Å². The first kappa shape index (κ1) is 20.2. The molecule has 0 unspecified atom stereocenters. The molecule has 3 aromatic rings. The van der Waals surface area contributed by atoms with Crippen molar-refractivity contribution in [3.05, 3.63) is 94.0 Å². The van der Waals surface area contributed by atoms with Crippen LogP contribution in [0.4, 0.5) is 0 Å². The lowest BCUT2D eigenvalue weighted by molar-refractivity contribution is 0.280. The second-order valence-corrected chi connectivity index (χ2v) is 7.15. The van der Waals surface area contributed by atoms with E-state index in [-0.39, 0.29) is 0 Å². The third-order valence-corrected chi connectivity index (χ3v) is 4.98. The summed E-state index contributed by atoms with van der Waals surface area (Å²) in [6, 6.07) is 22.2. The van der Waals surface area contributed by atoms with Crippen molar-refractivity contribution >= 4 is 11.6 Å². The number of para-hydroxylation sites is 1. The molecule has 0 atom stereocenters. The van der Waals surface area contributed by atoms with Gasteiger partial charge in [-0.1, -0.05) is 60.1 Å². The van der Waals surface area contributed by atoms with Gasteiger partial charge in [0.15, 0.2) is 11.5 Å². The minimum absolute atomic E-state index is 0.519. The van der Waals surface area contributed by atoms with Crippen molar-refractivity contribution in [2.45, 2.75) is 26.5 Å². The Bertz CT molecular complexity index is 893. The summed E-state index contributed by atoms with van der Waals surface area (Å²) in [6.07, 6.45) is 0.945. The second kappa shape index (κ2) is 10.2. The molecule has 3 rings (SSSR count). The van der Waals surface area contributed by atoms with E-state index in [1.807, 2.05) is 36.4 Å². The van der Waals surface area contributed by atoms with E-state index in [1.165, 1.54) is 16.7 Å². The number of halogens is 1. The Balaban J connectivity index is 1.62. The van der Waals surface area contributed by atoms with Crippen molar-refractivity contribution in [3.63, 3.8) is 0 Å². The highest BCUT2D eigenvalue weighted by Crippen LogP contribution is 2.32. The fourth-order valence-electron chi connectivity index (χ4n) is 3.05. The molecule has 0 heterocycles. The van der Waals surface area contributed by atoms with Gasteiger partial charge < -0.3 is 14.8 Å². The predicted octanol–water partition coefficient (Wildman–Crippen LogP) is 5.57. The van der Waals surface area contributed by atoms with E-state index >= 15 is 0 Å². The Kier molecular flexibility index (Phi) is 7.35. The molecule has 0 fully saturated rings. The zero-order chi connectivity index (χ0) is 19.8. The van der Waals surface area contributed by atoms with E-state index in [0.29, 0.717) is 13.2 Å². The Hall–Kier alpha value is -2.49. The van der Waals surface area contributed by atoms with Crippen LogP contribution >= 0.6 is 11.6 Å². The van der Waals surface area contributed by atoms with Crippen molar-refractivity contribution in [2.75, 3.05) is 13.7 Å². The maximum atomic E-state index is 6.17. The van der Waals surface area contributed by atoms with Crippen LogP contribution in [0.5, 0.6) is 11.5 Å². The quantitative estimate of drug-likeness (QED) is 0.480. The van der Waals surface area contributed by atoms with E-state index in [4.69, 9.17) is 21.1 Å². The molecular weight excluding hydrogens is 370 g/mol. The van der Waals surface area contributed by atoms with Crippen LogP contribution in [0.25, 0.3) is 0 Å². The zero-order valence-electron chi connectivity index (χ0n) is 16.4. The van der Waals surface area contributed by atoms with Crippen LogP contribution < -0.4 is 14.8 Å². The molecule has 0 aliphatic carbocycles. The highest BCUT2D eigenvalue weighted by molar-refractivity contribution is 6.30. The largest absolute Gasteiger partial charge is 0.493 e. The molecule has 3 nitrogen and oxygen atoms in total. The van der Waals surface area contributed by atoms with E-state index in [1.54, 1.807) is 7.11 Å². The van der Waals surface area contributed by atoms with Gasteiger partial charge in [0, 0.05) is 17.1 Å². The van der Waals surface area contributed by atoms with Gasteiger partial charge in [-0.3, -0.25) is 0 Å². The van der Waals surface area contributed by atoms with Crippen LogP contribution in [0.3, 0.4) is 0 Å². The Morgan fingerprint density at radius 2 is 1.64 bits per heavy atom. The summed E-state index contributed by atoms with van der Waals surface area (Å²) in [4.78, 5) is 0. The summed E-state index contributed by atoms with van der Waals surface area (Å²) in [6.45, 7) is 4.20. The van der Waals surface area contributed by atoms with Crippen LogP contribution in [-0.4, -0.2) is 13.7 Å². The molecule has 0 saturated carbocycles. The molecular formula is C24H26ClNO2. The van der Waals surface area contributed by atoms with Crippen LogP contribution in [0, 0.1) is 6.92 Å². The van der Waals surface area contributed by atoms with Crippen molar-refractivity contribution in [1.82, 2.24) is 5.32 Å². The maximum absolute atomic E-state index is 6.17. The first-order valence-electron chi connectivity index (χ1n) is 9.45. The van der Waals surface area contributed by atoms with Gasteiger partial charge in [0.1, 0.15) is 6.61 Å². The topological polar surface area (TPSA) is 30.5 Å². The molecule has 0 aromatic heterocycles. The van der Waals surface area contributed by atoms with Gasteiger partial charge >= 0.3 is 0 Å². The minimum Gasteiger partial charge on any atom is -0.493 e. The van der Waals surface area contributed by atoms with Gasteiger partial charge in [-0.05, 0) is 54.8 Å². The van der Waals surface area contributed by atoms with Gasteiger partial charge in [-0.2, -0.15) is 0 Å². The number of aryl methyl sites for hydroxylation is 1. The van der Waals surface area contributed by atoms with E-state index < -0.39 is 0 Å². The summed E-state index contributed by atoms with van der Waals surface area (Å²) >= 11 is 5.94. The summed E-state index contributed by atoms with van der Waals surface area (Å²) in [5.74, 6) is 1.55. The SMILES string of the molecule is COc1cccc(CNCCc2ccc(Cl)cc2)c1OCc1ccccc1C. The van der Waals surface area contributed by atoms with Crippen molar-refractivity contribution in [1.29, 1.82) is 0 Å². The molecule has 0 amide bonds. The fourth-order valence-corrected chi connectivity index (χ4v) is 3.18. The number of methoxy groups -OCH3 is 1. The average Bonchev–Trinajstić information content (AvgIpc) is 2.72. The fraction of sp³-hybridized carbons (Fsp3) is 0.250. The highest BCUT2D eigenvalue weighted by Gasteiger charge is 2.11. The van der Waals surface area contributed by atoms with Crippen LogP contribution in [0.15, 0.2) is 66.7 Å². The summed E-state index contributed by atoms with van der Waals surface area (Å²) < 4.78 is 11.7. The lowest BCUT2D eigenvalue weighted by Gasteiger charge is -2.16. The molecule has 0 aliphatic rings. The third-order valence-electron chi connectivity index (χ3n) is 4.73. The smallest absolute Gasteiger partial charge is 0.166 e. The highest BCUT2D eigenvalue weighted by atomic mass is 35.5. The normalized spacial score (nSPS) is 10.7. The van der Waals surface area contributed by atoms with E-state index in [9.17, 15) is 0 Å². The summed E-state index contributed by atoms with van der Waals surface area (Å²) in [5.41, 5.74) is 4.75. The molecule has 0 spiro atoms. The van der Waals surface area contributed by atoms with Gasteiger partial charge in [0.2, 0.25) is 0 Å². The van der Waals surface area contributed by atoms with E-state index in [0.717, 1.165) is 35.1 Å². The van der Waals surface area contributed by atoms with Crippen LogP contribution in [-0.2, 0) is 19.6 Å². The second-order valence-electron chi connectivity index (χ2n) is 6.72. The van der Waals surface area contributed by atoms with Crippen molar-refractivity contribution < 1.29 is 9.47 Å².